The lowest BCUT2D eigenvalue weighted by molar-refractivity contribution is -0.145. The topological polar surface area (TPSA) is 72.9 Å². The fourth-order valence-electron chi connectivity index (χ4n) is 3.50. The summed E-state index contributed by atoms with van der Waals surface area (Å²) in [5.74, 6) is 0.832. The molecule has 1 saturated heterocycles. The number of ether oxygens (including phenoxy) is 2. The van der Waals surface area contributed by atoms with Gasteiger partial charge in [0.25, 0.3) is 0 Å². The lowest BCUT2D eigenvalue weighted by atomic mass is 9.88. The highest BCUT2D eigenvalue weighted by molar-refractivity contribution is 7.91. The standard InChI is InChI=1S/C20H21NO5S/c22-20(25-12-9-21-10-13-27(23,24)14-11-21)19-15-5-1-3-7-17(15)26-18-8-4-2-6-16(18)19/h1-8,19H,9-14H2. The number of nitrogens with zero attached hydrogens (tertiary/aromatic N) is 1. The maximum absolute atomic E-state index is 12.9. The van der Waals surface area contributed by atoms with E-state index in [4.69, 9.17) is 9.47 Å². The summed E-state index contributed by atoms with van der Waals surface area (Å²) in [6.07, 6.45) is 0. The Morgan fingerprint density at radius 2 is 1.56 bits per heavy atom. The Morgan fingerprint density at radius 3 is 2.15 bits per heavy atom. The molecule has 0 N–H and O–H groups in total. The van der Waals surface area contributed by atoms with Crippen molar-refractivity contribution in [2.45, 2.75) is 5.92 Å². The quantitative estimate of drug-likeness (QED) is 0.749. The SMILES string of the molecule is O=C(OCCN1CCS(=O)(=O)CC1)C1c2ccccc2Oc2ccccc21. The first-order valence-electron chi connectivity index (χ1n) is 8.99. The van der Waals surface area contributed by atoms with Crippen LogP contribution in [0.1, 0.15) is 17.0 Å². The van der Waals surface area contributed by atoms with Crippen molar-refractivity contribution in [1.82, 2.24) is 4.90 Å². The second-order valence-corrected chi connectivity index (χ2v) is 9.08. The third kappa shape index (κ3) is 3.84. The fraction of sp³-hybridized carbons (Fsp3) is 0.350. The molecule has 1 fully saturated rings. The molecule has 2 aliphatic rings. The van der Waals surface area contributed by atoms with E-state index in [0.717, 1.165) is 11.1 Å². The Bertz CT molecular complexity index is 897. The van der Waals surface area contributed by atoms with E-state index in [1.54, 1.807) is 0 Å². The summed E-state index contributed by atoms with van der Waals surface area (Å²) < 4.78 is 34.5. The predicted octanol–water partition coefficient (Wildman–Crippen LogP) is 2.20. The van der Waals surface area contributed by atoms with Crippen LogP contribution in [0.25, 0.3) is 0 Å². The van der Waals surface area contributed by atoms with E-state index < -0.39 is 15.8 Å². The molecule has 142 valence electrons. The molecule has 4 rings (SSSR count). The summed E-state index contributed by atoms with van der Waals surface area (Å²) in [7, 11) is -2.90. The summed E-state index contributed by atoms with van der Waals surface area (Å²) in [5.41, 5.74) is 1.59. The van der Waals surface area contributed by atoms with Gasteiger partial charge < -0.3 is 9.47 Å². The number of fused-ring (bicyclic) bond motifs is 2. The molecule has 0 unspecified atom stereocenters. The normalized spacial score (nSPS) is 18.8. The number of para-hydroxylation sites is 2. The van der Waals surface area contributed by atoms with Crippen LogP contribution in [0.3, 0.4) is 0 Å². The van der Waals surface area contributed by atoms with Gasteiger partial charge in [-0.1, -0.05) is 36.4 Å². The Hall–Kier alpha value is -2.38. The number of rotatable bonds is 4. The highest BCUT2D eigenvalue weighted by atomic mass is 32.2. The average Bonchev–Trinajstić information content (AvgIpc) is 2.67. The third-order valence-corrected chi connectivity index (χ3v) is 6.61. The lowest BCUT2D eigenvalue weighted by Crippen LogP contribution is -2.42. The van der Waals surface area contributed by atoms with Gasteiger partial charge in [-0.05, 0) is 12.1 Å². The van der Waals surface area contributed by atoms with Gasteiger partial charge in [0.1, 0.15) is 24.0 Å². The van der Waals surface area contributed by atoms with Crippen molar-refractivity contribution in [2.75, 3.05) is 37.7 Å². The molecule has 0 atom stereocenters. The maximum Gasteiger partial charge on any atom is 0.318 e. The molecule has 0 spiro atoms. The molecule has 2 aromatic rings. The van der Waals surface area contributed by atoms with Gasteiger partial charge in [-0.25, -0.2) is 8.42 Å². The minimum absolute atomic E-state index is 0.168. The maximum atomic E-state index is 12.9. The van der Waals surface area contributed by atoms with Crippen LogP contribution < -0.4 is 4.74 Å². The van der Waals surface area contributed by atoms with E-state index in [9.17, 15) is 13.2 Å². The van der Waals surface area contributed by atoms with Crippen LogP contribution in [0.2, 0.25) is 0 Å². The van der Waals surface area contributed by atoms with Gasteiger partial charge in [0.2, 0.25) is 0 Å². The van der Waals surface area contributed by atoms with Crippen LogP contribution in [-0.4, -0.2) is 57.0 Å². The Kier molecular flexibility index (Phi) is 4.88. The number of hydrogen-bond donors (Lipinski definition) is 0. The molecule has 27 heavy (non-hydrogen) atoms. The number of benzene rings is 2. The van der Waals surface area contributed by atoms with Gasteiger partial charge >= 0.3 is 5.97 Å². The van der Waals surface area contributed by atoms with Gasteiger partial charge in [-0.2, -0.15) is 0 Å². The van der Waals surface area contributed by atoms with Crippen LogP contribution in [0.4, 0.5) is 0 Å². The number of hydrogen-bond acceptors (Lipinski definition) is 6. The monoisotopic (exact) mass is 387 g/mol. The largest absolute Gasteiger partial charge is 0.464 e. The highest BCUT2D eigenvalue weighted by Gasteiger charge is 2.33. The zero-order chi connectivity index (χ0) is 18.9. The minimum Gasteiger partial charge on any atom is -0.464 e. The molecule has 0 radical (unpaired) electrons. The van der Waals surface area contributed by atoms with Crippen molar-refractivity contribution < 1.29 is 22.7 Å². The Morgan fingerprint density at radius 1 is 1.00 bits per heavy atom. The average molecular weight is 387 g/mol. The van der Waals surface area contributed by atoms with Gasteiger partial charge in [0.15, 0.2) is 9.84 Å². The van der Waals surface area contributed by atoms with Crippen molar-refractivity contribution in [2.24, 2.45) is 0 Å². The van der Waals surface area contributed by atoms with E-state index in [1.807, 2.05) is 53.4 Å². The number of esters is 1. The van der Waals surface area contributed by atoms with E-state index in [2.05, 4.69) is 0 Å². The molecule has 7 heteroatoms. The van der Waals surface area contributed by atoms with Gasteiger partial charge in [-0.3, -0.25) is 9.69 Å². The molecule has 6 nitrogen and oxygen atoms in total. The van der Waals surface area contributed by atoms with Crippen LogP contribution in [0, 0.1) is 0 Å². The molecular formula is C20H21NO5S. The van der Waals surface area contributed by atoms with E-state index in [-0.39, 0.29) is 24.1 Å². The summed E-state index contributed by atoms with van der Waals surface area (Å²) in [4.78, 5) is 14.9. The molecule has 0 saturated carbocycles. The van der Waals surface area contributed by atoms with Crippen molar-refractivity contribution in [1.29, 1.82) is 0 Å². The van der Waals surface area contributed by atoms with Gasteiger partial charge in [-0.15, -0.1) is 0 Å². The second kappa shape index (κ2) is 7.32. The Balaban J connectivity index is 1.44. The molecular weight excluding hydrogens is 366 g/mol. The lowest BCUT2D eigenvalue weighted by Gasteiger charge is -2.28. The molecule has 0 aliphatic carbocycles. The highest BCUT2D eigenvalue weighted by Crippen LogP contribution is 2.44. The minimum atomic E-state index is -2.90. The summed E-state index contributed by atoms with van der Waals surface area (Å²) in [6, 6.07) is 15.0. The first-order valence-corrected chi connectivity index (χ1v) is 10.8. The summed E-state index contributed by atoms with van der Waals surface area (Å²) in [5, 5.41) is 0. The fourth-order valence-corrected chi connectivity index (χ4v) is 4.77. The van der Waals surface area contributed by atoms with E-state index >= 15 is 0 Å². The Labute approximate surface area is 158 Å². The molecule has 2 aliphatic heterocycles. The van der Waals surface area contributed by atoms with Crippen LogP contribution in [-0.2, 0) is 19.4 Å². The molecule has 2 heterocycles. The van der Waals surface area contributed by atoms with E-state index in [1.165, 1.54) is 0 Å². The van der Waals surface area contributed by atoms with E-state index in [0.29, 0.717) is 31.1 Å². The van der Waals surface area contributed by atoms with Crippen molar-refractivity contribution in [3.8, 4) is 11.5 Å². The first-order chi connectivity index (χ1) is 13.0. The third-order valence-electron chi connectivity index (χ3n) is 5.00. The van der Waals surface area contributed by atoms with Crippen molar-refractivity contribution in [3.63, 3.8) is 0 Å². The number of sulfone groups is 1. The van der Waals surface area contributed by atoms with Crippen molar-refractivity contribution in [3.05, 3.63) is 59.7 Å². The predicted molar refractivity (Wildman–Crippen MR) is 101 cm³/mol. The summed E-state index contributed by atoms with van der Waals surface area (Å²) >= 11 is 0. The van der Waals surface area contributed by atoms with Crippen LogP contribution >= 0.6 is 0 Å². The second-order valence-electron chi connectivity index (χ2n) is 6.77. The smallest absolute Gasteiger partial charge is 0.318 e. The molecule has 0 amide bonds. The first kappa shape index (κ1) is 18.0. The zero-order valence-electron chi connectivity index (χ0n) is 14.8. The van der Waals surface area contributed by atoms with Gasteiger partial charge in [0, 0.05) is 30.8 Å². The number of carbonyl (C=O) groups is 1. The van der Waals surface area contributed by atoms with Gasteiger partial charge in [0.05, 0.1) is 11.5 Å². The summed E-state index contributed by atoms with van der Waals surface area (Å²) in [6.45, 7) is 1.75. The van der Waals surface area contributed by atoms with Crippen LogP contribution in [0.5, 0.6) is 11.5 Å². The molecule has 0 aromatic heterocycles. The van der Waals surface area contributed by atoms with Crippen LogP contribution in [0.15, 0.2) is 48.5 Å². The zero-order valence-corrected chi connectivity index (χ0v) is 15.7. The molecule has 0 bridgehead atoms. The number of carbonyl (C=O) groups excluding carboxylic acids is 1. The van der Waals surface area contributed by atoms with Crippen molar-refractivity contribution >= 4 is 15.8 Å². The molecule has 2 aromatic carbocycles.